The quantitative estimate of drug-likeness (QED) is 0.706. The number of nitrogens with zero attached hydrogens (tertiary/aromatic N) is 1. The Morgan fingerprint density at radius 2 is 1.95 bits per heavy atom. The molecular weight excluding hydrogens is 278 g/mol. The van der Waals surface area contributed by atoms with Gasteiger partial charge in [-0.3, -0.25) is 4.90 Å². The fourth-order valence-electron chi connectivity index (χ4n) is 4.18. The van der Waals surface area contributed by atoms with Crippen molar-refractivity contribution in [1.82, 2.24) is 4.90 Å². The third-order valence-electron chi connectivity index (χ3n) is 5.59. The Hall–Kier alpha value is -0.160. The lowest BCUT2D eigenvalue weighted by molar-refractivity contribution is -0.154. The van der Waals surface area contributed by atoms with Crippen LogP contribution in [0.15, 0.2) is 0 Å². The summed E-state index contributed by atoms with van der Waals surface area (Å²) in [7, 11) is 0. The summed E-state index contributed by atoms with van der Waals surface area (Å²) < 4.78 is 17.4. The Balaban J connectivity index is 1.39. The number of morpholine rings is 1. The molecule has 0 N–H and O–H groups in total. The summed E-state index contributed by atoms with van der Waals surface area (Å²) in [6, 6.07) is 0. The van der Waals surface area contributed by atoms with Crippen LogP contribution in [0.2, 0.25) is 0 Å². The Bertz CT molecular complexity index is 324. The number of unbranched alkanes of at least 4 members (excludes halogenated alkanes) is 1. The zero-order chi connectivity index (χ0) is 15.3. The smallest absolute Gasteiger partial charge is 0.107 e. The van der Waals surface area contributed by atoms with Crippen LogP contribution in [-0.2, 0) is 14.2 Å². The van der Waals surface area contributed by atoms with E-state index in [9.17, 15) is 0 Å². The van der Waals surface area contributed by atoms with Gasteiger partial charge in [0.2, 0.25) is 0 Å². The van der Waals surface area contributed by atoms with Crippen LogP contribution in [0.4, 0.5) is 0 Å². The van der Waals surface area contributed by atoms with E-state index in [-0.39, 0.29) is 5.60 Å². The summed E-state index contributed by atoms with van der Waals surface area (Å²) in [5.41, 5.74) is -0.000362. The van der Waals surface area contributed by atoms with Crippen molar-refractivity contribution in [1.29, 1.82) is 0 Å². The first-order valence-electron chi connectivity index (χ1n) is 9.35. The second-order valence-electron chi connectivity index (χ2n) is 7.42. The van der Waals surface area contributed by atoms with Crippen molar-refractivity contribution in [3.63, 3.8) is 0 Å². The van der Waals surface area contributed by atoms with Crippen LogP contribution in [-0.4, -0.2) is 62.7 Å². The van der Waals surface area contributed by atoms with Crippen molar-refractivity contribution in [2.24, 2.45) is 5.92 Å². The molecule has 2 unspecified atom stereocenters. The summed E-state index contributed by atoms with van der Waals surface area (Å²) in [6.07, 6.45) is 9.20. The maximum Gasteiger partial charge on any atom is 0.107 e. The average molecular weight is 311 g/mol. The second-order valence-corrected chi connectivity index (χ2v) is 7.42. The molecule has 0 saturated carbocycles. The largest absolute Gasteiger partial charge is 0.381 e. The van der Waals surface area contributed by atoms with Gasteiger partial charge in [0.15, 0.2) is 0 Å². The first-order valence-corrected chi connectivity index (χ1v) is 9.35. The van der Waals surface area contributed by atoms with E-state index < -0.39 is 0 Å². The fraction of sp³-hybridized carbons (Fsp3) is 1.00. The minimum Gasteiger partial charge on any atom is -0.381 e. The summed E-state index contributed by atoms with van der Waals surface area (Å²) in [6.45, 7) is 9.27. The van der Waals surface area contributed by atoms with Gasteiger partial charge in [0, 0.05) is 39.3 Å². The molecule has 3 aliphatic rings. The van der Waals surface area contributed by atoms with E-state index in [1.807, 2.05) is 0 Å². The lowest BCUT2D eigenvalue weighted by Gasteiger charge is -2.43. The molecule has 0 bridgehead atoms. The van der Waals surface area contributed by atoms with Gasteiger partial charge in [0.05, 0.1) is 12.7 Å². The molecule has 2 atom stereocenters. The van der Waals surface area contributed by atoms with Crippen molar-refractivity contribution in [3.05, 3.63) is 0 Å². The zero-order valence-corrected chi connectivity index (χ0v) is 14.2. The first-order chi connectivity index (χ1) is 10.8. The van der Waals surface area contributed by atoms with Crippen LogP contribution in [0.1, 0.15) is 51.9 Å². The third-order valence-corrected chi connectivity index (χ3v) is 5.59. The summed E-state index contributed by atoms with van der Waals surface area (Å²) in [5, 5.41) is 0. The van der Waals surface area contributed by atoms with Gasteiger partial charge in [-0.25, -0.2) is 0 Å². The fourth-order valence-corrected chi connectivity index (χ4v) is 4.18. The minimum atomic E-state index is -0.000362. The molecule has 3 heterocycles. The highest BCUT2D eigenvalue weighted by Gasteiger charge is 2.43. The maximum atomic E-state index is 6.34. The van der Waals surface area contributed by atoms with Crippen molar-refractivity contribution in [2.75, 3.05) is 46.1 Å². The van der Waals surface area contributed by atoms with Crippen molar-refractivity contribution in [2.45, 2.75) is 63.6 Å². The molecule has 3 aliphatic heterocycles. The molecule has 4 nitrogen and oxygen atoms in total. The highest BCUT2D eigenvalue weighted by Crippen LogP contribution is 2.31. The second kappa shape index (κ2) is 8.09. The molecule has 3 fully saturated rings. The van der Waals surface area contributed by atoms with Gasteiger partial charge in [0.1, 0.15) is 5.60 Å². The molecule has 0 aliphatic carbocycles. The van der Waals surface area contributed by atoms with Gasteiger partial charge in [-0.15, -0.1) is 0 Å². The van der Waals surface area contributed by atoms with Gasteiger partial charge in [-0.1, -0.05) is 19.8 Å². The van der Waals surface area contributed by atoms with E-state index >= 15 is 0 Å². The SMILES string of the molecule is CCC1CN(CCCCC2CCOCC2)CC2(CCOC2)O1. The van der Waals surface area contributed by atoms with Crippen LogP contribution in [0.3, 0.4) is 0 Å². The summed E-state index contributed by atoms with van der Waals surface area (Å²) in [5.74, 6) is 0.913. The predicted octanol–water partition coefficient (Wildman–Crippen LogP) is 2.85. The first kappa shape index (κ1) is 16.7. The Morgan fingerprint density at radius 1 is 1.09 bits per heavy atom. The van der Waals surface area contributed by atoms with Crippen LogP contribution in [0.5, 0.6) is 0 Å². The van der Waals surface area contributed by atoms with E-state index in [1.54, 1.807) is 0 Å². The van der Waals surface area contributed by atoms with E-state index in [0.717, 1.165) is 58.3 Å². The molecular formula is C18H33NO3. The van der Waals surface area contributed by atoms with E-state index in [0.29, 0.717) is 6.10 Å². The highest BCUT2D eigenvalue weighted by atomic mass is 16.6. The predicted molar refractivity (Wildman–Crippen MR) is 87.2 cm³/mol. The number of ether oxygens (including phenoxy) is 3. The van der Waals surface area contributed by atoms with Gasteiger partial charge < -0.3 is 14.2 Å². The van der Waals surface area contributed by atoms with Crippen LogP contribution in [0.25, 0.3) is 0 Å². The lowest BCUT2D eigenvalue weighted by atomic mass is 9.94. The average Bonchev–Trinajstić information content (AvgIpc) is 2.99. The molecule has 0 aromatic carbocycles. The molecule has 22 heavy (non-hydrogen) atoms. The molecule has 0 radical (unpaired) electrons. The van der Waals surface area contributed by atoms with Gasteiger partial charge >= 0.3 is 0 Å². The third kappa shape index (κ3) is 4.44. The van der Waals surface area contributed by atoms with Crippen molar-refractivity contribution in [3.8, 4) is 0 Å². The van der Waals surface area contributed by atoms with Crippen molar-refractivity contribution >= 4 is 0 Å². The monoisotopic (exact) mass is 311 g/mol. The van der Waals surface area contributed by atoms with Gasteiger partial charge in [0.25, 0.3) is 0 Å². The standard InChI is InChI=1S/C18H33NO3/c1-2-17-13-19(14-18(22-17)8-12-21-15-18)9-4-3-5-16-6-10-20-11-7-16/h16-17H,2-15H2,1H3. The number of rotatable bonds is 6. The van der Waals surface area contributed by atoms with Crippen LogP contribution >= 0.6 is 0 Å². The van der Waals surface area contributed by atoms with E-state index in [1.165, 1.54) is 38.6 Å². The minimum absolute atomic E-state index is 0.000362. The van der Waals surface area contributed by atoms with E-state index in [2.05, 4.69) is 11.8 Å². The Morgan fingerprint density at radius 3 is 2.68 bits per heavy atom. The lowest BCUT2D eigenvalue weighted by Crippen LogP contribution is -2.56. The maximum absolute atomic E-state index is 6.34. The van der Waals surface area contributed by atoms with E-state index in [4.69, 9.17) is 14.2 Å². The molecule has 1 spiro atoms. The molecule has 0 aromatic heterocycles. The molecule has 128 valence electrons. The molecule has 4 heteroatoms. The normalized spacial score (nSPS) is 34.5. The Kier molecular flexibility index (Phi) is 6.14. The topological polar surface area (TPSA) is 30.9 Å². The number of hydrogen-bond acceptors (Lipinski definition) is 4. The summed E-state index contributed by atoms with van der Waals surface area (Å²) >= 11 is 0. The van der Waals surface area contributed by atoms with Gasteiger partial charge in [-0.05, 0) is 38.1 Å². The number of hydrogen-bond donors (Lipinski definition) is 0. The highest BCUT2D eigenvalue weighted by molar-refractivity contribution is 4.93. The van der Waals surface area contributed by atoms with Gasteiger partial charge in [-0.2, -0.15) is 0 Å². The van der Waals surface area contributed by atoms with Crippen LogP contribution < -0.4 is 0 Å². The van der Waals surface area contributed by atoms with Crippen LogP contribution in [0, 0.1) is 5.92 Å². The van der Waals surface area contributed by atoms with Crippen molar-refractivity contribution < 1.29 is 14.2 Å². The molecule has 3 rings (SSSR count). The molecule has 3 saturated heterocycles. The molecule has 0 amide bonds. The summed E-state index contributed by atoms with van der Waals surface area (Å²) in [4.78, 5) is 2.64. The molecule has 0 aromatic rings. The zero-order valence-electron chi connectivity index (χ0n) is 14.2. The Labute approximate surface area is 135 Å².